The summed E-state index contributed by atoms with van der Waals surface area (Å²) in [6, 6.07) is 0.199. The van der Waals surface area contributed by atoms with Gasteiger partial charge < -0.3 is 11.1 Å². The molecule has 0 bridgehead atoms. The zero-order valence-corrected chi connectivity index (χ0v) is 10.3. The number of rotatable bonds is 1. The standard InChI is InChI=1S/C4H9NOS.CH3NOS.Se/c1-3(2)5-4(6)7;2-1(3)4;/h3H,1-2H3,(H2,5,6,7);(H3,2,3,4);. The zero-order valence-electron chi connectivity index (χ0n) is 6.77. The Labute approximate surface area is 93.3 Å². The molecule has 2 amide bonds. The molecule has 0 aliphatic heterocycles. The first kappa shape index (κ1) is 18.0. The van der Waals surface area contributed by atoms with E-state index >= 15 is 0 Å². The Morgan fingerprint density at radius 3 is 1.58 bits per heavy atom. The number of nitrogens with one attached hydrogen (secondary N) is 1. The quantitative estimate of drug-likeness (QED) is 0.419. The summed E-state index contributed by atoms with van der Waals surface area (Å²) in [7, 11) is 0. The van der Waals surface area contributed by atoms with E-state index in [2.05, 4.69) is 36.3 Å². The Kier molecular flexibility index (Phi) is 16.8. The number of carbonyl (C=O) groups is 2. The fourth-order valence-corrected chi connectivity index (χ4v) is 0.505. The van der Waals surface area contributed by atoms with Crippen LogP contribution >= 0.6 is 25.3 Å². The first-order valence-corrected chi connectivity index (χ1v) is 3.73. The third kappa shape index (κ3) is 49.3. The fourth-order valence-electron chi connectivity index (χ4n) is 0.247. The predicted molar refractivity (Wildman–Crippen MR) is 57.0 cm³/mol. The third-order valence-corrected chi connectivity index (χ3v) is 0.541. The number of carbonyl (C=O) groups excluding carboxylic acids is 2. The van der Waals surface area contributed by atoms with Crippen LogP contribution in [0.3, 0.4) is 0 Å². The molecule has 0 fully saturated rings. The van der Waals surface area contributed by atoms with Crippen molar-refractivity contribution in [3.63, 3.8) is 0 Å². The van der Waals surface area contributed by atoms with Gasteiger partial charge in [0.15, 0.2) is 0 Å². The molecule has 0 saturated heterocycles. The minimum absolute atomic E-state index is 0. The molecule has 72 valence electrons. The summed E-state index contributed by atoms with van der Waals surface area (Å²) in [6.45, 7) is 3.77. The summed E-state index contributed by atoms with van der Waals surface area (Å²) in [5.41, 5.74) is 4.34. The molecule has 0 unspecified atom stereocenters. The van der Waals surface area contributed by atoms with Gasteiger partial charge in [-0.3, -0.25) is 9.59 Å². The van der Waals surface area contributed by atoms with Crippen LogP contribution in [-0.2, 0) is 0 Å². The molecule has 0 aromatic heterocycles. The van der Waals surface area contributed by atoms with E-state index < -0.39 is 5.24 Å². The van der Waals surface area contributed by atoms with Crippen molar-refractivity contribution in [2.75, 3.05) is 0 Å². The van der Waals surface area contributed by atoms with Gasteiger partial charge in [0.25, 0.3) is 10.5 Å². The molecule has 0 aliphatic rings. The van der Waals surface area contributed by atoms with Crippen LogP contribution in [0.4, 0.5) is 9.59 Å². The molecule has 2 radical (unpaired) electrons. The Balaban J connectivity index is -0.000000142. The van der Waals surface area contributed by atoms with Crippen molar-refractivity contribution in [1.82, 2.24) is 5.32 Å². The van der Waals surface area contributed by atoms with E-state index in [0.717, 1.165) is 0 Å². The molecule has 0 rings (SSSR count). The molecule has 0 aromatic carbocycles. The van der Waals surface area contributed by atoms with E-state index in [1.54, 1.807) is 0 Å². The summed E-state index contributed by atoms with van der Waals surface area (Å²) < 4.78 is 0. The van der Waals surface area contributed by atoms with E-state index in [9.17, 15) is 4.79 Å². The average Bonchev–Trinajstić information content (AvgIpc) is 1.56. The SMILES string of the molecule is CC(C)NC(=O)S.NC(=O)S.[Se]. The van der Waals surface area contributed by atoms with Gasteiger partial charge in [-0.05, 0) is 13.8 Å². The summed E-state index contributed by atoms with van der Waals surface area (Å²) >= 11 is 6.59. The molecule has 3 N–H and O–H groups in total. The summed E-state index contributed by atoms with van der Waals surface area (Å²) in [5, 5.41) is 1.62. The number of hydrogen-bond donors (Lipinski definition) is 4. The van der Waals surface area contributed by atoms with Gasteiger partial charge in [-0.25, -0.2) is 0 Å². The van der Waals surface area contributed by atoms with Crippen LogP contribution in [0.1, 0.15) is 13.8 Å². The van der Waals surface area contributed by atoms with Crippen molar-refractivity contribution >= 4 is 52.8 Å². The van der Waals surface area contributed by atoms with Crippen LogP contribution in [0.15, 0.2) is 0 Å². The van der Waals surface area contributed by atoms with Crippen molar-refractivity contribution in [1.29, 1.82) is 0 Å². The second-order valence-corrected chi connectivity index (χ2v) is 2.79. The van der Waals surface area contributed by atoms with Crippen molar-refractivity contribution in [3.05, 3.63) is 0 Å². The van der Waals surface area contributed by atoms with Gasteiger partial charge >= 0.3 is 0 Å². The summed E-state index contributed by atoms with van der Waals surface area (Å²) in [5.74, 6) is 0. The van der Waals surface area contributed by atoms with Gasteiger partial charge in [0.1, 0.15) is 0 Å². The Morgan fingerprint density at radius 2 is 1.58 bits per heavy atom. The average molecular weight is 275 g/mol. The second-order valence-electron chi connectivity index (χ2n) is 1.94. The van der Waals surface area contributed by atoms with Crippen LogP contribution in [0.2, 0.25) is 0 Å². The molecule has 7 heteroatoms. The molecule has 0 spiro atoms. The van der Waals surface area contributed by atoms with E-state index in [0.29, 0.717) is 0 Å². The molecular weight excluding hydrogens is 263 g/mol. The minimum Gasteiger partial charge on any atom is -0.361 e. The normalized spacial score (nSPS) is 7.42. The maximum Gasteiger partial charge on any atom is 0.276 e. The van der Waals surface area contributed by atoms with Crippen LogP contribution in [0.5, 0.6) is 0 Å². The Hall–Kier alpha value is 0.159. The van der Waals surface area contributed by atoms with Gasteiger partial charge in [0, 0.05) is 23.1 Å². The van der Waals surface area contributed by atoms with Crippen molar-refractivity contribution in [2.45, 2.75) is 19.9 Å². The molecule has 0 heterocycles. The molecule has 0 saturated carbocycles. The van der Waals surface area contributed by atoms with Crippen molar-refractivity contribution < 1.29 is 9.59 Å². The van der Waals surface area contributed by atoms with Crippen LogP contribution in [0.25, 0.3) is 0 Å². The summed E-state index contributed by atoms with van der Waals surface area (Å²) in [6.07, 6.45) is 0. The van der Waals surface area contributed by atoms with Crippen LogP contribution < -0.4 is 11.1 Å². The Bertz CT molecular complexity index is 139. The number of primary amides is 1. The van der Waals surface area contributed by atoms with Crippen molar-refractivity contribution in [3.8, 4) is 0 Å². The monoisotopic (exact) mass is 276 g/mol. The molecule has 0 aromatic rings. The van der Waals surface area contributed by atoms with E-state index in [-0.39, 0.29) is 28.3 Å². The molecule has 4 nitrogen and oxygen atoms in total. The third-order valence-electron chi connectivity index (χ3n) is 0.412. The molecule has 0 atom stereocenters. The zero-order chi connectivity index (χ0) is 9.44. The number of amides is 2. The first-order chi connectivity index (χ1) is 4.86. The number of hydrogen-bond acceptors (Lipinski definition) is 2. The van der Waals surface area contributed by atoms with E-state index in [4.69, 9.17) is 4.79 Å². The number of thiol groups is 2. The maximum absolute atomic E-state index is 10.0. The summed E-state index contributed by atoms with van der Waals surface area (Å²) in [4.78, 5) is 19.1. The molecular formula is C5H12N2O2S2Se. The number of nitrogens with two attached hydrogens (primary N) is 1. The predicted octanol–water partition coefficient (Wildman–Crippen LogP) is 0.648. The second kappa shape index (κ2) is 11.2. The van der Waals surface area contributed by atoms with Gasteiger partial charge in [-0.2, -0.15) is 0 Å². The largest absolute Gasteiger partial charge is 0.361 e. The molecule has 12 heavy (non-hydrogen) atoms. The van der Waals surface area contributed by atoms with Crippen molar-refractivity contribution in [2.24, 2.45) is 5.73 Å². The first-order valence-electron chi connectivity index (χ1n) is 2.84. The minimum atomic E-state index is -0.639. The topological polar surface area (TPSA) is 72.2 Å². The van der Waals surface area contributed by atoms with E-state index in [1.165, 1.54) is 0 Å². The fraction of sp³-hybridized carbons (Fsp3) is 0.600. The van der Waals surface area contributed by atoms with Gasteiger partial charge in [0.05, 0.1) is 0 Å². The van der Waals surface area contributed by atoms with Gasteiger partial charge in [-0.15, -0.1) is 0 Å². The van der Waals surface area contributed by atoms with E-state index in [1.807, 2.05) is 13.8 Å². The van der Waals surface area contributed by atoms with Gasteiger partial charge in [0.2, 0.25) is 0 Å². The maximum atomic E-state index is 10.0. The van der Waals surface area contributed by atoms with Gasteiger partial charge in [-0.1, -0.05) is 25.3 Å². The van der Waals surface area contributed by atoms with Crippen LogP contribution in [-0.4, -0.2) is 33.6 Å². The molecule has 0 aliphatic carbocycles. The van der Waals surface area contributed by atoms with Crippen LogP contribution in [0, 0.1) is 0 Å². The Morgan fingerprint density at radius 1 is 1.33 bits per heavy atom. The smallest absolute Gasteiger partial charge is 0.276 e.